The molecule has 0 fully saturated rings. The standard InChI is InChI=1S/C17H18N2O3S/c1-18(2)12-14-9-8-13-10-11-19(16(13)17(14)20)23(21,22)15-6-4-3-5-7-15/h3-7,10-12H,8-9H2,1-2H3/b14-12+. The van der Waals surface area contributed by atoms with Gasteiger partial charge in [-0.15, -0.1) is 0 Å². The van der Waals surface area contributed by atoms with E-state index in [1.807, 2.05) is 14.1 Å². The molecule has 0 N–H and O–H groups in total. The molecule has 0 bridgehead atoms. The van der Waals surface area contributed by atoms with Crippen LogP contribution in [0.4, 0.5) is 0 Å². The predicted molar refractivity (Wildman–Crippen MR) is 87.9 cm³/mol. The molecule has 5 nitrogen and oxygen atoms in total. The number of carbonyl (C=O) groups excluding carboxylic acids is 1. The zero-order chi connectivity index (χ0) is 16.6. The van der Waals surface area contributed by atoms with E-state index in [1.165, 1.54) is 18.3 Å². The van der Waals surface area contributed by atoms with Crippen molar-refractivity contribution < 1.29 is 13.2 Å². The summed E-state index contributed by atoms with van der Waals surface area (Å²) >= 11 is 0. The second-order valence-electron chi connectivity index (χ2n) is 5.75. The Hall–Kier alpha value is -2.34. The number of benzene rings is 1. The van der Waals surface area contributed by atoms with E-state index >= 15 is 0 Å². The summed E-state index contributed by atoms with van der Waals surface area (Å²) in [7, 11) is -0.0813. The van der Waals surface area contributed by atoms with Gasteiger partial charge in [-0.25, -0.2) is 12.4 Å². The fourth-order valence-corrected chi connectivity index (χ4v) is 4.17. The Morgan fingerprint density at radius 3 is 2.43 bits per heavy atom. The molecule has 0 saturated carbocycles. The predicted octanol–water partition coefficient (Wildman–Crippen LogP) is 2.30. The van der Waals surface area contributed by atoms with Gasteiger partial charge in [-0.2, -0.15) is 0 Å². The molecular weight excluding hydrogens is 312 g/mol. The van der Waals surface area contributed by atoms with E-state index in [2.05, 4.69) is 0 Å². The molecule has 2 aromatic rings. The minimum Gasteiger partial charge on any atom is -0.383 e. The third-order valence-electron chi connectivity index (χ3n) is 3.82. The van der Waals surface area contributed by atoms with E-state index < -0.39 is 10.0 Å². The van der Waals surface area contributed by atoms with Crippen molar-refractivity contribution in [2.24, 2.45) is 0 Å². The van der Waals surface area contributed by atoms with Crippen LogP contribution >= 0.6 is 0 Å². The van der Waals surface area contributed by atoms with Gasteiger partial charge in [0.15, 0.2) is 0 Å². The first-order valence-corrected chi connectivity index (χ1v) is 8.78. The first kappa shape index (κ1) is 15.6. The number of aromatic nitrogens is 1. The van der Waals surface area contributed by atoms with E-state index in [0.29, 0.717) is 18.4 Å². The van der Waals surface area contributed by atoms with Gasteiger partial charge in [0.05, 0.1) is 4.90 Å². The monoisotopic (exact) mass is 330 g/mol. The van der Waals surface area contributed by atoms with Crippen molar-refractivity contribution in [1.29, 1.82) is 0 Å². The molecule has 0 atom stereocenters. The largest absolute Gasteiger partial charge is 0.383 e. The Morgan fingerprint density at radius 1 is 1.09 bits per heavy atom. The number of hydrogen-bond acceptors (Lipinski definition) is 4. The Kier molecular flexibility index (Phi) is 3.85. The number of Topliss-reactive ketones (excluding diaryl/α,β-unsaturated/α-hetero) is 1. The van der Waals surface area contributed by atoms with E-state index in [9.17, 15) is 13.2 Å². The van der Waals surface area contributed by atoms with Crippen LogP contribution in [0.25, 0.3) is 0 Å². The number of allylic oxidation sites excluding steroid dienone is 1. The normalized spacial score (nSPS) is 16.4. The summed E-state index contributed by atoms with van der Waals surface area (Å²) in [5.41, 5.74) is 1.67. The van der Waals surface area contributed by atoms with Crippen molar-refractivity contribution in [1.82, 2.24) is 8.87 Å². The van der Waals surface area contributed by atoms with E-state index in [0.717, 1.165) is 9.54 Å². The smallest absolute Gasteiger partial charge is 0.268 e. The number of rotatable bonds is 3. The summed E-state index contributed by atoms with van der Waals surface area (Å²) < 4.78 is 26.8. The van der Waals surface area contributed by atoms with Crippen LogP contribution in [0, 0.1) is 0 Å². The Morgan fingerprint density at radius 2 is 1.78 bits per heavy atom. The van der Waals surface area contributed by atoms with Crippen LogP contribution in [0.15, 0.2) is 59.3 Å². The Bertz CT molecular complexity index is 878. The van der Waals surface area contributed by atoms with Gasteiger partial charge >= 0.3 is 0 Å². The lowest BCUT2D eigenvalue weighted by Crippen LogP contribution is -2.23. The Balaban J connectivity index is 2.13. The highest BCUT2D eigenvalue weighted by Crippen LogP contribution is 2.29. The number of fused-ring (bicyclic) bond motifs is 1. The van der Waals surface area contributed by atoms with Crippen molar-refractivity contribution in [2.75, 3.05) is 14.1 Å². The summed E-state index contributed by atoms with van der Waals surface area (Å²) in [6.07, 6.45) is 4.53. The maximum atomic E-state index is 12.8. The van der Waals surface area contributed by atoms with Crippen LogP contribution in [0.3, 0.4) is 0 Å². The van der Waals surface area contributed by atoms with Gasteiger partial charge in [0, 0.05) is 32.1 Å². The molecule has 0 saturated heterocycles. The lowest BCUT2D eigenvalue weighted by atomic mass is 9.92. The molecule has 3 rings (SSSR count). The van der Waals surface area contributed by atoms with E-state index in [-0.39, 0.29) is 16.4 Å². The maximum absolute atomic E-state index is 12.8. The summed E-state index contributed by atoms with van der Waals surface area (Å²) in [5.74, 6) is -0.218. The van der Waals surface area contributed by atoms with Crippen LogP contribution < -0.4 is 0 Å². The molecule has 6 heteroatoms. The van der Waals surface area contributed by atoms with Crippen LogP contribution in [0.1, 0.15) is 22.5 Å². The van der Waals surface area contributed by atoms with Crippen LogP contribution in [0.2, 0.25) is 0 Å². The van der Waals surface area contributed by atoms with Gasteiger partial charge < -0.3 is 4.90 Å². The zero-order valence-corrected chi connectivity index (χ0v) is 13.9. The SMILES string of the molecule is CN(C)/C=C1\CCc2ccn(S(=O)(=O)c3ccccc3)c2C1=O. The zero-order valence-electron chi connectivity index (χ0n) is 13.1. The van der Waals surface area contributed by atoms with E-state index in [1.54, 1.807) is 35.4 Å². The first-order valence-electron chi connectivity index (χ1n) is 7.34. The van der Waals surface area contributed by atoms with Gasteiger partial charge in [0.1, 0.15) is 5.69 Å². The maximum Gasteiger partial charge on any atom is 0.268 e. The Labute approximate surface area is 135 Å². The third kappa shape index (κ3) is 2.70. The van der Waals surface area contributed by atoms with E-state index in [4.69, 9.17) is 0 Å². The molecule has 1 aliphatic carbocycles. The van der Waals surface area contributed by atoms with Gasteiger partial charge in [-0.1, -0.05) is 18.2 Å². The first-order chi connectivity index (χ1) is 10.9. The average Bonchev–Trinajstić information content (AvgIpc) is 2.96. The molecule has 0 aliphatic heterocycles. The molecule has 23 heavy (non-hydrogen) atoms. The highest BCUT2D eigenvalue weighted by Gasteiger charge is 2.30. The fourth-order valence-electron chi connectivity index (χ4n) is 2.78. The molecule has 1 aromatic carbocycles. The number of aryl methyl sites for hydroxylation is 1. The van der Waals surface area contributed by atoms with Crippen molar-refractivity contribution in [2.45, 2.75) is 17.7 Å². The topological polar surface area (TPSA) is 59.4 Å². The fraction of sp³-hybridized carbons (Fsp3) is 0.235. The van der Waals surface area contributed by atoms with Gasteiger partial charge in [-0.05, 0) is 36.6 Å². The van der Waals surface area contributed by atoms with Crippen molar-refractivity contribution in [3.63, 3.8) is 0 Å². The van der Waals surface area contributed by atoms with Crippen molar-refractivity contribution in [3.8, 4) is 0 Å². The second kappa shape index (κ2) is 5.70. The highest BCUT2D eigenvalue weighted by atomic mass is 32.2. The summed E-state index contributed by atoms with van der Waals surface area (Å²) in [5, 5.41) is 0. The van der Waals surface area contributed by atoms with Gasteiger partial charge in [0.2, 0.25) is 5.78 Å². The summed E-state index contributed by atoms with van der Waals surface area (Å²) in [6.45, 7) is 0. The van der Waals surface area contributed by atoms with Crippen molar-refractivity contribution >= 4 is 15.8 Å². The molecule has 1 heterocycles. The number of carbonyl (C=O) groups is 1. The molecule has 0 spiro atoms. The van der Waals surface area contributed by atoms with Crippen LogP contribution in [-0.4, -0.2) is 37.2 Å². The summed E-state index contributed by atoms with van der Waals surface area (Å²) in [4.78, 5) is 14.7. The number of ketones is 1. The number of nitrogens with zero attached hydrogens (tertiary/aromatic N) is 2. The second-order valence-corrected chi connectivity index (χ2v) is 7.57. The lowest BCUT2D eigenvalue weighted by Gasteiger charge is -2.19. The quantitative estimate of drug-likeness (QED) is 0.810. The lowest BCUT2D eigenvalue weighted by molar-refractivity contribution is 0.101. The van der Waals surface area contributed by atoms with Crippen LogP contribution in [0.5, 0.6) is 0 Å². The molecule has 1 aliphatic rings. The highest BCUT2D eigenvalue weighted by molar-refractivity contribution is 7.90. The average molecular weight is 330 g/mol. The van der Waals surface area contributed by atoms with Crippen molar-refractivity contribution in [3.05, 3.63) is 65.6 Å². The molecular formula is C17H18N2O3S. The molecule has 1 aromatic heterocycles. The third-order valence-corrected chi connectivity index (χ3v) is 5.51. The summed E-state index contributed by atoms with van der Waals surface area (Å²) in [6, 6.07) is 9.88. The molecule has 0 amide bonds. The minimum absolute atomic E-state index is 0.176. The molecule has 0 unspecified atom stereocenters. The number of hydrogen-bond donors (Lipinski definition) is 0. The minimum atomic E-state index is -3.77. The van der Waals surface area contributed by atoms with Crippen LogP contribution in [-0.2, 0) is 16.4 Å². The molecule has 0 radical (unpaired) electrons. The van der Waals surface area contributed by atoms with Gasteiger partial charge in [-0.3, -0.25) is 4.79 Å². The van der Waals surface area contributed by atoms with Gasteiger partial charge in [0.25, 0.3) is 10.0 Å². The molecule has 120 valence electrons.